The number of ether oxygens (including phenoxy) is 3. The van der Waals surface area contributed by atoms with E-state index in [1.54, 1.807) is 45.4 Å². The van der Waals surface area contributed by atoms with Crippen LogP contribution >= 0.6 is 11.6 Å². The number of benzene rings is 2. The minimum atomic E-state index is -0.683. The molecule has 0 bridgehead atoms. The number of methoxy groups -OCH3 is 2. The van der Waals surface area contributed by atoms with E-state index in [0.717, 1.165) is 31.2 Å². The second-order valence-electron chi connectivity index (χ2n) is 8.12. The SMILES string of the molecule is COc1cc(OC)cc(OCC(=O)N(Cc2ccccc2Cl)C(C)C(=O)NC2CCCC2)c1. The fourth-order valence-corrected chi connectivity index (χ4v) is 4.07. The Morgan fingerprint density at radius 2 is 1.67 bits per heavy atom. The van der Waals surface area contributed by atoms with E-state index in [1.807, 2.05) is 18.2 Å². The van der Waals surface area contributed by atoms with Gasteiger partial charge in [0, 0.05) is 35.8 Å². The third-order valence-electron chi connectivity index (χ3n) is 5.85. The van der Waals surface area contributed by atoms with Gasteiger partial charge in [-0.1, -0.05) is 42.6 Å². The number of hydrogen-bond acceptors (Lipinski definition) is 5. The number of rotatable bonds is 10. The molecule has 2 aromatic rings. The Kier molecular flexibility index (Phi) is 8.83. The summed E-state index contributed by atoms with van der Waals surface area (Å²) in [4.78, 5) is 27.7. The Morgan fingerprint density at radius 1 is 1.06 bits per heavy atom. The minimum Gasteiger partial charge on any atom is -0.496 e. The third kappa shape index (κ3) is 6.78. The van der Waals surface area contributed by atoms with Crippen molar-refractivity contribution < 1.29 is 23.8 Å². The van der Waals surface area contributed by atoms with Gasteiger partial charge < -0.3 is 24.4 Å². The molecule has 178 valence electrons. The molecule has 0 aliphatic heterocycles. The molecule has 3 rings (SSSR count). The quantitative estimate of drug-likeness (QED) is 0.558. The van der Waals surface area contributed by atoms with Crippen LogP contribution < -0.4 is 19.5 Å². The molecule has 33 heavy (non-hydrogen) atoms. The molecule has 1 atom stereocenters. The molecular weight excluding hydrogens is 444 g/mol. The smallest absolute Gasteiger partial charge is 0.261 e. The lowest BCUT2D eigenvalue weighted by atomic mass is 10.1. The molecule has 2 aromatic carbocycles. The van der Waals surface area contributed by atoms with Crippen LogP contribution in [-0.4, -0.2) is 49.6 Å². The Hall–Kier alpha value is -2.93. The monoisotopic (exact) mass is 474 g/mol. The molecule has 0 heterocycles. The fraction of sp³-hybridized carbons (Fsp3) is 0.440. The fourth-order valence-electron chi connectivity index (χ4n) is 3.88. The van der Waals surface area contributed by atoms with Gasteiger partial charge in [-0.15, -0.1) is 0 Å². The molecule has 0 aromatic heterocycles. The van der Waals surface area contributed by atoms with Crippen molar-refractivity contribution in [3.63, 3.8) is 0 Å². The lowest BCUT2D eigenvalue weighted by molar-refractivity contribution is -0.142. The predicted octanol–water partition coefficient (Wildman–Crippen LogP) is 4.21. The van der Waals surface area contributed by atoms with Crippen LogP contribution in [0.4, 0.5) is 0 Å². The van der Waals surface area contributed by atoms with Crippen molar-refractivity contribution in [2.75, 3.05) is 20.8 Å². The first-order valence-electron chi connectivity index (χ1n) is 11.1. The topological polar surface area (TPSA) is 77.1 Å². The molecule has 2 amide bonds. The van der Waals surface area contributed by atoms with E-state index in [2.05, 4.69) is 5.32 Å². The number of halogens is 1. The summed E-state index contributed by atoms with van der Waals surface area (Å²) >= 11 is 6.34. The number of nitrogens with one attached hydrogen (secondary N) is 1. The van der Waals surface area contributed by atoms with E-state index in [9.17, 15) is 9.59 Å². The minimum absolute atomic E-state index is 0.165. The Balaban J connectivity index is 1.75. The van der Waals surface area contributed by atoms with Crippen LogP contribution in [0.2, 0.25) is 5.02 Å². The second-order valence-corrected chi connectivity index (χ2v) is 8.52. The van der Waals surface area contributed by atoms with Crippen LogP contribution in [0.5, 0.6) is 17.2 Å². The van der Waals surface area contributed by atoms with Gasteiger partial charge in [0.2, 0.25) is 5.91 Å². The van der Waals surface area contributed by atoms with Gasteiger partial charge in [-0.25, -0.2) is 0 Å². The molecule has 7 nitrogen and oxygen atoms in total. The Labute approximate surface area is 200 Å². The average molecular weight is 475 g/mol. The zero-order valence-electron chi connectivity index (χ0n) is 19.3. The normalized spacial score (nSPS) is 14.4. The van der Waals surface area contributed by atoms with Crippen molar-refractivity contribution in [2.24, 2.45) is 0 Å². The maximum Gasteiger partial charge on any atom is 0.261 e. The first-order valence-corrected chi connectivity index (χ1v) is 11.5. The van der Waals surface area contributed by atoms with Gasteiger partial charge in [0.1, 0.15) is 23.3 Å². The summed E-state index contributed by atoms with van der Waals surface area (Å²) in [6.07, 6.45) is 4.16. The summed E-state index contributed by atoms with van der Waals surface area (Å²) in [6, 6.07) is 11.8. The van der Waals surface area contributed by atoms with Gasteiger partial charge >= 0.3 is 0 Å². The van der Waals surface area contributed by atoms with E-state index in [4.69, 9.17) is 25.8 Å². The van der Waals surface area contributed by atoms with Crippen molar-refractivity contribution in [1.82, 2.24) is 10.2 Å². The number of amides is 2. The zero-order chi connectivity index (χ0) is 23.8. The first-order chi connectivity index (χ1) is 15.9. The van der Waals surface area contributed by atoms with E-state index < -0.39 is 6.04 Å². The van der Waals surface area contributed by atoms with Crippen LogP contribution in [0.1, 0.15) is 38.2 Å². The number of carbonyl (C=O) groups excluding carboxylic acids is 2. The number of hydrogen-bond donors (Lipinski definition) is 1. The highest BCUT2D eigenvalue weighted by Crippen LogP contribution is 2.27. The summed E-state index contributed by atoms with van der Waals surface area (Å²) in [5.74, 6) is 1.03. The largest absolute Gasteiger partial charge is 0.496 e. The molecule has 0 saturated heterocycles. The highest BCUT2D eigenvalue weighted by atomic mass is 35.5. The highest BCUT2D eigenvalue weighted by molar-refractivity contribution is 6.31. The van der Waals surface area contributed by atoms with E-state index >= 15 is 0 Å². The van der Waals surface area contributed by atoms with Crippen molar-refractivity contribution in [1.29, 1.82) is 0 Å². The molecule has 1 aliphatic carbocycles. The molecule has 8 heteroatoms. The van der Waals surface area contributed by atoms with Crippen LogP contribution in [0.15, 0.2) is 42.5 Å². The zero-order valence-corrected chi connectivity index (χ0v) is 20.1. The molecule has 1 N–H and O–H groups in total. The van der Waals surface area contributed by atoms with E-state index in [0.29, 0.717) is 22.3 Å². The van der Waals surface area contributed by atoms with Gasteiger partial charge in [0.25, 0.3) is 5.91 Å². The molecule has 1 fully saturated rings. The molecule has 1 unspecified atom stereocenters. The van der Waals surface area contributed by atoms with Gasteiger partial charge in [0.15, 0.2) is 6.61 Å². The highest BCUT2D eigenvalue weighted by Gasteiger charge is 2.29. The molecular formula is C25H31ClN2O5. The summed E-state index contributed by atoms with van der Waals surface area (Å²) in [7, 11) is 3.08. The van der Waals surface area contributed by atoms with Crippen molar-refractivity contribution in [3.8, 4) is 17.2 Å². The van der Waals surface area contributed by atoms with Crippen LogP contribution in [0, 0.1) is 0 Å². The Morgan fingerprint density at radius 3 is 2.27 bits per heavy atom. The lowest BCUT2D eigenvalue weighted by Crippen LogP contribution is -2.50. The maximum absolute atomic E-state index is 13.2. The molecule has 0 spiro atoms. The molecule has 1 aliphatic rings. The van der Waals surface area contributed by atoms with Gasteiger partial charge in [-0.3, -0.25) is 9.59 Å². The van der Waals surface area contributed by atoms with Gasteiger partial charge in [0.05, 0.1) is 14.2 Å². The van der Waals surface area contributed by atoms with Crippen LogP contribution in [0.25, 0.3) is 0 Å². The summed E-state index contributed by atoms with van der Waals surface area (Å²) < 4.78 is 16.3. The predicted molar refractivity (Wildman–Crippen MR) is 127 cm³/mol. The first kappa shape index (κ1) is 24.7. The third-order valence-corrected chi connectivity index (χ3v) is 6.22. The van der Waals surface area contributed by atoms with E-state index in [-0.39, 0.29) is 31.0 Å². The van der Waals surface area contributed by atoms with Crippen LogP contribution in [-0.2, 0) is 16.1 Å². The van der Waals surface area contributed by atoms with Crippen molar-refractivity contribution >= 4 is 23.4 Å². The number of nitrogens with zero attached hydrogens (tertiary/aromatic N) is 1. The summed E-state index contributed by atoms with van der Waals surface area (Å²) in [6.45, 7) is 1.68. The standard InChI is InChI=1S/C25H31ClN2O5/c1-17(25(30)27-19-9-5-6-10-19)28(15-18-8-4-7-11-23(18)26)24(29)16-33-22-13-20(31-2)12-21(14-22)32-3/h4,7-8,11-14,17,19H,5-6,9-10,15-16H2,1-3H3,(H,27,30). The van der Waals surface area contributed by atoms with Gasteiger partial charge in [-0.05, 0) is 31.4 Å². The summed E-state index contributed by atoms with van der Waals surface area (Å²) in [5.41, 5.74) is 0.760. The molecule has 1 saturated carbocycles. The van der Waals surface area contributed by atoms with Crippen LogP contribution in [0.3, 0.4) is 0 Å². The van der Waals surface area contributed by atoms with Crippen molar-refractivity contribution in [2.45, 2.75) is 51.2 Å². The second kappa shape index (κ2) is 11.8. The average Bonchev–Trinajstić information content (AvgIpc) is 3.34. The van der Waals surface area contributed by atoms with Gasteiger partial charge in [-0.2, -0.15) is 0 Å². The molecule has 0 radical (unpaired) electrons. The summed E-state index contributed by atoms with van der Waals surface area (Å²) in [5, 5.41) is 3.62. The maximum atomic E-state index is 13.2. The van der Waals surface area contributed by atoms with Crippen molar-refractivity contribution in [3.05, 3.63) is 53.1 Å². The Bertz CT molecular complexity index is 939. The number of carbonyl (C=O) groups is 2. The lowest BCUT2D eigenvalue weighted by Gasteiger charge is -2.30. The van der Waals surface area contributed by atoms with E-state index in [1.165, 1.54) is 4.90 Å².